The Hall–Kier alpha value is -0.500. The van der Waals surface area contributed by atoms with Crippen molar-refractivity contribution in [1.29, 1.82) is 0 Å². The minimum Gasteiger partial charge on any atom is -0.494 e. The quantitative estimate of drug-likeness (QED) is 0.686. The third-order valence-electron chi connectivity index (χ3n) is 1.70. The highest BCUT2D eigenvalue weighted by Gasteiger charge is 2.16. The van der Waals surface area contributed by atoms with E-state index in [9.17, 15) is 8.78 Å². The van der Waals surface area contributed by atoms with Crippen LogP contribution in [0.3, 0.4) is 0 Å². The van der Waals surface area contributed by atoms with Crippen molar-refractivity contribution in [1.82, 2.24) is 4.98 Å². The van der Waals surface area contributed by atoms with Crippen LogP contribution in [0.4, 0.5) is 8.78 Å². The second kappa shape index (κ2) is 4.83. The average Bonchev–Trinajstić information content (AvgIpc) is 2.16. The van der Waals surface area contributed by atoms with Crippen LogP contribution in [0, 0.1) is 3.70 Å². The Kier molecular flexibility index (Phi) is 3.99. The maximum Gasteiger partial charge on any atom is 0.265 e. The fraction of sp³-hybridized carbons (Fsp3) is 0.375. The smallest absolute Gasteiger partial charge is 0.265 e. The van der Waals surface area contributed by atoms with E-state index in [-0.39, 0.29) is 17.8 Å². The molecule has 0 aliphatic heterocycles. The summed E-state index contributed by atoms with van der Waals surface area (Å²) in [6.45, 7) is -0.000328. The van der Waals surface area contributed by atoms with Crippen molar-refractivity contribution in [3.63, 3.8) is 0 Å². The summed E-state index contributed by atoms with van der Waals surface area (Å²) in [4.78, 5) is 3.94. The second-order valence-electron chi connectivity index (χ2n) is 2.52. The fourth-order valence-corrected chi connectivity index (χ4v) is 1.68. The first-order chi connectivity index (χ1) is 6.60. The highest BCUT2D eigenvalue weighted by Crippen LogP contribution is 2.28. The molecule has 1 aromatic heterocycles. The van der Waals surface area contributed by atoms with Gasteiger partial charge >= 0.3 is 0 Å². The molecule has 0 aromatic carbocycles. The van der Waals surface area contributed by atoms with Gasteiger partial charge in [0.25, 0.3) is 6.43 Å². The van der Waals surface area contributed by atoms with Crippen LogP contribution in [0.2, 0.25) is 0 Å². The van der Waals surface area contributed by atoms with E-state index in [4.69, 9.17) is 10.5 Å². The van der Waals surface area contributed by atoms with Crippen molar-refractivity contribution in [3.05, 3.63) is 21.0 Å². The Morgan fingerprint density at radius 2 is 2.29 bits per heavy atom. The Balaban J connectivity index is 3.25. The molecule has 0 unspecified atom stereocenters. The number of alkyl halides is 2. The molecule has 2 N–H and O–H groups in total. The van der Waals surface area contributed by atoms with E-state index in [2.05, 4.69) is 4.98 Å². The number of ether oxygens (including phenoxy) is 1. The number of methoxy groups -OCH3 is 1. The van der Waals surface area contributed by atoms with Crippen LogP contribution in [0.5, 0.6) is 5.75 Å². The van der Waals surface area contributed by atoms with Crippen LogP contribution in [-0.2, 0) is 6.54 Å². The Morgan fingerprint density at radius 1 is 1.64 bits per heavy atom. The summed E-state index contributed by atoms with van der Waals surface area (Å²) in [5.41, 5.74) is 5.36. The van der Waals surface area contributed by atoms with Crippen molar-refractivity contribution < 1.29 is 13.5 Å². The highest BCUT2D eigenvalue weighted by atomic mass is 127. The van der Waals surface area contributed by atoms with Gasteiger partial charge in [-0.05, 0) is 28.7 Å². The predicted molar refractivity (Wildman–Crippen MR) is 56.4 cm³/mol. The summed E-state index contributed by atoms with van der Waals surface area (Å²) in [6, 6.07) is 1.28. The van der Waals surface area contributed by atoms with Gasteiger partial charge in [0.15, 0.2) is 5.75 Å². The molecule has 0 saturated heterocycles. The normalized spacial score (nSPS) is 10.7. The molecule has 0 radical (unpaired) electrons. The summed E-state index contributed by atoms with van der Waals surface area (Å²) in [5, 5.41) is 0. The van der Waals surface area contributed by atoms with Gasteiger partial charge in [0.1, 0.15) is 3.70 Å². The van der Waals surface area contributed by atoms with E-state index in [1.807, 2.05) is 22.6 Å². The van der Waals surface area contributed by atoms with E-state index in [1.165, 1.54) is 13.2 Å². The third kappa shape index (κ3) is 2.30. The van der Waals surface area contributed by atoms with Gasteiger partial charge in [0, 0.05) is 12.1 Å². The number of halogens is 3. The van der Waals surface area contributed by atoms with Crippen molar-refractivity contribution in [3.8, 4) is 5.75 Å². The lowest BCUT2D eigenvalue weighted by molar-refractivity contribution is 0.149. The zero-order valence-corrected chi connectivity index (χ0v) is 9.59. The van der Waals surface area contributed by atoms with Crippen LogP contribution >= 0.6 is 22.6 Å². The molecule has 1 rings (SSSR count). The van der Waals surface area contributed by atoms with Crippen LogP contribution in [0.25, 0.3) is 0 Å². The van der Waals surface area contributed by atoms with Crippen LogP contribution in [0.15, 0.2) is 6.07 Å². The summed E-state index contributed by atoms with van der Waals surface area (Å²) < 4.78 is 30.4. The van der Waals surface area contributed by atoms with Gasteiger partial charge in [0.05, 0.1) is 12.8 Å². The van der Waals surface area contributed by atoms with Gasteiger partial charge < -0.3 is 10.5 Å². The number of nitrogens with two attached hydrogens (primary N) is 1. The number of hydrogen-bond donors (Lipinski definition) is 1. The second-order valence-corrected chi connectivity index (χ2v) is 3.54. The van der Waals surface area contributed by atoms with Gasteiger partial charge in [-0.1, -0.05) is 0 Å². The molecule has 78 valence electrons. The molecule has 0 amide bonds. The minimum absolute atomic E-state index is 0.000328. The van der Waals surface area contributed by atoms with Crippen LogP contribution < -0.4 is 10.5 Å². The number of rotatable bonds is 3. The molecular formula is C8H9F2IN2O. The molecule has 1 aromatic rings. The van der Waals surface area contributed by atoms with E-state index < -0.39 is 6.43 Å². The maximum atomic E-state index is 12.5. The number of nitrogens with zero attached hydrogens (tertiary/aromatic N) is 1. The van der Waals surface area contributed by atoms with E-state index in [0.717, 1.165) is 0 Å². The number of hydrogen-bond acceptors (Lipinski definition) is 3. The van der Waals surface area contributed by atoms with Gasteiger partial charge in [-0.25, -0.2) is 13.8 Å². The van der Waals surface area contributed by atoms with E-state index in [1.54, 1.807) is 0 Å². The predicted octanol–water partition coefficient (Wildman–Crippen LogP) is 2.09. The third-order valence-corrected chi connectivity index (χ3v) is 2.48. The summed E-state index contributed by atoms with van der Waals surface area (Å²) in [5.74, 6) is 0.345. The first-order valence-electron chi connectivity index (χ1n) is 3.81. The highest BCUT2D eigenvalue weighted by molar-refractivity contribution is 14.1. The van der Waals surface area contributed by atoms with Gasteiger partial charge in [-0.2, -0.15) is 0 Å². The number of pyridine rings is 1. The molecule has 0 bridgehead atoms. The summed E-state index contributed by atoms with van der Waals surface area (Å²) >= 11 is 1.91. The zero-order chi connectivity index (χ0) is 10.7. The molecule has 0 saturated carbocycles. The Morgan fingerprint density at radius 3 is 2.71 bits per heavy atom. The van der Waals surface area contributed by atoms with Crippen LogP contribution in [-0.4, -0.2) is 12.1 Å². The minimum atomic E-state index is -2.58. The van der Waals surface area contributed by atoms with E-state index >= 15 is 0 Å². The lowest BCUT2D eigenvalue weighted by Gasteiger charge is -2.09. The summed E-state index contributed by atoms with van der Waals surface area (Å²) in [6.07, 6.45) is -2.58. The molecule has 0 fully saturated rings. The van der Waals surface area contributed by atoms with Crippen molar-refractivity contribution in [2.45, 2.75) is 13.0 Å². The van der Waals surface area contributed by atoms with Crippen LogP contribution in [0.1, 0.15) is 17.7 Å². The molecule has 1 heterocycles. The van der Waals surface area contributed by atoms with Crippen molar-refractivity contribution >= 4 is 22.6 Å². The van der Waals surface area contributed by atoms with Gasteiger partial charge in [-0.3, -0.25) is 0 Å². The standard InChI is InChI=1S/C8H9F2IN2O/c1-14-6-2-4(7(9)10)5(3-12)13-8(6)11/h2,7H,3,12H2,1H3. The Bertz CT molecular complexity index is 333. The van der Waals surface area contributed by atoms with Gasteiger partial charge in [0.2, 0.25) is 0 Å². The first kappa shape index (κ1) is 11.6. The number of aromatic nitrogens is 1. The van der Waals surface area contributed by atoms with E-state index in [0.29, 0.717) is 9.45 Å². The topological polar surface area (TPSA) is 48.1 Å². The lowest BCUT2D eigenvalue weighted by atomic mass is 10.2. The first-order valence-corrected chi connectivity index (χ1v) is 4.89. The zero-order valence-electron chi connectivity index (χ0n) is 7.43. The van der Waals surface area contributed by atoms with Gasteiger partial charge in [-0.15, -0.1) is 0 Å². The molecule has 6 heteroatoms. The molecule has 14 heavy (non-hydrogen) atoms. The maximum absolute atomic E-state index is 12.5. The molecule has 0 atom stereocenters. The molecular weight excluding hydrogens is 305 g/mol. The van der Waals surface area contributed by atoms with Crippen molar-refractivity contribution in [2.24, 2.45) is 5.73 Å². The lowest BCUT2D eigenvalue weighted by Crippen LogP contribution is -2.07. The summed E-state index contributed by atoms with van der Waals surface area (Å²) in [7, 11) is 1.41. The fourth-order valence-electron chi connectivity index (χ4n) is 1.02. The SMILES string of the molecule is COc1cc(C(F)F)c(CN)nc1I. The Labute approximate surface area is 93.8 Å². The molecule has 3 nitrogen and oxygen atoms in total. The molecule has 0 aliphatic rings. The molecule has 0 spiro atoms. The average molecular weight is 314 g/mol. The molecule has 0 aliphatic carbocycles. The monoisotopic (exact) mass is 314 g/mol. The van der Waals surface area contributed by atoms with Crippen molar-refractivity contribution in [2.75, 3.05) is 7.11 Å². The largest absolute Gasteiger partial charge is 0.494 e.